The summed E-state index contributed by atoms with van der Waals surface area (Å²) in [6.07, 6.45) is 2.72. The summed E-state index contributed by atoms with van der Waals surface area (Å²) in [4.78, 5) is 0. The highest BCUT2D eigenvalue weighted by atomic mass is 32.2. The molecule has 254 valence electrons. The Morgan fingerprint density at radius 1 is 0.698 bits per heavy atom. The molecule has 0 saturated heterocycles. The smallest absolute Gasteiger partial charge is 0.485 e. The van der Waals surface area contributed by atoms with Crippen molar-refractivity contribution in [3.05, 3.63) is 37.4 Å². The van der Waals surface area contributed by atoms with E-state index in [2.05, 4.69) is 34.8 Å². The topological polar surface area (TPSA) is 132 Å². The predicted octanol–water partition coefficient (Wildman–Crippen LogP) is 3.67. The molecule has 0 saturated carbocycles. The van der Waals surface area contributed by atoms with Crippen molar-refractivity contribution in [2.24, 2.45) is 14.1 Å². The third-order valence-corrected chi connectivity index (χ3v) is 5.25. The van der Waals surface area contributed by atoms with Crippen LogP contribution in [0.15, 0.2) is 37.4 Å². The van der Waals surface area contributed by atoms with E-state index in [4.69, 9.17) is 25.9 Å². The van der Waals surface area contributed by atoms with Crippen molar-refractivity contribution in [1.29, 1.82) is 0 Å². The fourth-order valence-electron chi connectivity index (χ4n) is 2.14. The first kappa shape index (κ1) is 42.5. The number of rotatable bonds is 6. The fourth-order valence-corrected chi connectivity index (χ4v) is 2.14. The first-order chi connectivity index (χ1) is 18.8. The summed E-state index contributed by atoms with van der Waals surface area (Å²) in [6, 6.07) is -4.94. The molecule has 0 aliphatic heterocycles. The van der Waals surface area contributed by atoms with Crippen molar-refractivity contribution in [2.45, 2.75) is 61.9 Å². The lowest BCUT2D eigenvalue weighted by Gasteiger charge is -2.23. The molecule has 0 fully saturated rings. The SMILES string of the molecule is CCCCn1cc[n+](C)c1.C[n+]1ccn(C(F)(F)C(F)(F)CC(F)(F)F)c1.O=S(=O)([O-])C(F)(F)F.O=S(=O)([O-])C(F)(F)F. The van der Waals surface area contributed by atoms with Crippen molar-refractivity contribution in [1.82, 2.24) is 9.13 Å². The molecular formula is C18H23F13N4O6S2. The van der Waals surface area contributed by atoms with Gasteiger partial charge < -0.3 is 9.11 Å². The minimum atomic E-state index is -6.09. The number of alkyl halides is 13. The van der Waals surface area contributed by atoms with Gasteiger partial charge in [0.15, 0.2) is 20.2 Å². The molecule has 0 radical (unpaired) electrons. The van der Waals surface area contributed by atoms with Crippen LogP contribution in [-0.4, -0.2) is 58.2 Å². The van der Waals surface area contributed by atoms with Crippen LogP contribution >= 0.6 is 0 Å². The summed E-state index contributed by atoms with van der Waals surface area (Å²) in [5, 5.41) is 0. The molecule has 2 aromatic rings. The number of aromatic nitrogens is 4. The van der Waals surface area contributed by atoms with Crippen LogP contribution in [0.5, 0.6) is 0 Å². The van der Waals surface area contributed by atoms with Gasteiger partial charge in [0.1, 0.15) is 31.2 Å². The van der Waals surface area contributed by atoms with E-state index < -0.39 is 55.8 Å². The number of aryl methyl sites for hydroxylation is 3. The second kappa shape index (κ2) is 15.4. The lowest BCUT2D eigenvalue weighted by Crippen LogP contribution is -2.46. The van der Waals surface area contributed by atoms with Crippen LogP contribution in [0.2, 0.25) is 0 Å². The largest absolute Gasteiger partial charge is 0.741 e. The number of nitrogens with zero attached hydrogens (tertiary/aromatic N) is 4. The Bertz CT molecular complexity index is 1290. The first-order valence-corrected chi connectivity index (χ1v) is 13.5. The molecule has 2 aromatic heterocycles. The van der Waals surface area contributed by atoms with Gasteiger partial charge >= 0.3 is 29.2 Å². The molecule has 25 heteroatoms. The summed E-state index contributed by atoms with van der Waals surface area (Å²) in [7, 11) is -8.86. The van der Waals surface area contributed by atoms with Crippen LogP contribution in [0.4, 0.5) is 57.1 Å². The Morgan fingerprint density at radius 3 is 1.33 bits per heavy atom. The molecular weight excluding hydrogens is 679 g/mol. The number of halogens is 13. The molecule has 0 bridgehead atoms. The van der Waals surface area contributed by atoms with E-state index in [0.29, 0.717) is 12.5 Å². The molecule has 0 atom stereocenters. The van der Waals surface area contributed by atoms with E-state index in [9.17, 15) is 57.1 Å². The van der Waals surface area contributed by atoms with Gasteiger partial charge in [0.2, 0.25) is 12.7 Å². The number of hydrogen-bond donors (Lipinski definition) is 0. The van der Waals surface area contributed by atoms with E-state index in [1.807, 2.05) is 7.05 Å². The van der Waals surface area contributed by atoms with E-state index in [-0.39, 0.29) is 4.57 Å². The highest BCUT2D eigenvalue weighted by Crippen LogP contribution is 2.45. The Kier molecular flexibility index (Phi) is 15.2. The van der Waals surface area contributed by atoms with E-state index in [0.717, 1.165) is 17.3 Å². The molecule has 10 nitrogen and oxygen atoms in total. The summed E-state index contributed by atoms with van der Waals surface area (Å²) in [5.74, 6) is -5.21. The number of imidazole rings is 2. The van der Waals surface area contributed by atoms with Gasteiger partial charge in [-0.1, -0.05) is 13.3 Å². The average molecular weight is 703 g/mol. The molecule has 0 spiro atoms. The van der Waals surface area contributed by atoms with E-state index in [1.54, 1.807) is 0 Å². The van der Waals surface area contributed by atoms with Gasteiger partial charge in [0.25, 0.3) is 0 Å². The maximum Gasteiger partial charge on any atom is 0.485 e. The van der Waals surface area contributed by atoms with Crippen molar-refractivity contribution in [3.63, 3.8) is 0 Å². The lowest BCUT2D eigenvalue weighted by atomic mass is 10.2. The van der Waals surface area contributed by atoms with Crippen molar-refractivity contribution in [3.8, 4) is 0 Å². The Labute approximate surface area is 235 Å². The minimum Gasteiger partial charge on any atom is -0.741 e. The standard InChI is InChI=1S/C8H8F7N2.C8H15N2.2CHF3O3S/c1-16-2-3-17(5-16)8(14,15)6(9,10)4-7(11,12)13;1-3-4-5-10-7-6-9(2)8-10;2*2-1(3,4)8(5,6)7/h2-3,5H,4H2,1H3;6-8H,3-5H2,1-2H3;2*(H,5,6,7)/q2*+1;;/p-2. The molecule has 0 amide bonds. The number of unbranched alkanes of at least 4 members (excludes halogenated alkanes) is 1. The highest BCUT2D eigenvalue weighted by Gasteiger charge is 2.66. The normalized spacial score (nSPS) is 13.2. The molecule has 2 rings (SSSR count). The van der Waals surface area contributed by atoms with Crippen molar-refractivity contribution in [2.75, 3.05) is 0 Å². The van der Waals surface area contributed by atoms with Crippen LogP contribution < -0.4 is 9.13 Å². The van der Waals surface area contributed by atoms with Gasteiger partial charge in [-0.3, -0.25) is 0 Å². The van der Waals surface area contributed by atoms with Gasteiger partial charge in [0, 0.05) is 0 Å². The van der Waals surface area contributed by atoms with Crippen LogP contribution in [0.3, 0.4) is 0 Å². The molecule has 0 unspecified atom stereocenters. The molecule has 0 aliphatic rings. The molecule has 43 heavy (non-hydrogen) atoms. The lowest BCUT2D eigenvalue weighted by molar-refractivity contribution is -0.671. The monoisotopic (exact) mass is 702 g/mol. The Hall–Kier alpha value is -2.67. The van der Waals surface area contributed by atoms with Crippen LogP contribution in [0, 0.1) is 0 Å². The van der Waals surface area contributed by atoms with Gasteiger partial charge in [0.05, 0.1) is 20.6 Å². The summed E-state index contributed by atoms with van der Waals surface area (Å²) in [6.45, 7) is 3.36. The Balaban J connectivity index is 0. The zero-order valence-electron chi connectivity index (χ0n) is 21.8. The van der Waals surface area contributed by atoms with Crippen molar-refractivity contribution >= 4 is 20.2 Å². The van der Waals surface area contributed by atoms with Gasteiger partial charge in [-0.25, -0.2) is 30.5 Å². The predicted molar refractivity (Wildman–Crippen MR) is 113 cm³/mol. The van der Waals surface area contributed by atoms with Crippen molar-refractivity contribution < 1.29 is 92.2 Å². The Morgan fingerprint density at radius 2 is 1.07 bits per heavy atom. The van der Waals surface area contributed by atoms with Crippen LogP contribution in [-0.2, 0) is 46.9 Å². The molecule has 0 N–H and O–H groups in total. The zero-order chi connectivity index (χ0) is 34.9. The fraction of sp³-hybridized carbons (Fsp3) is 0.667. The summed E-state index contributed by atoms with van der Waals surface area (Å²) >= 11 is 0. The quantitative estimate of drug-likeness (QED) is 0.196. The highest BCUT2D eigenvalue weighted by molar-refractivity contribution is 7.86. The van der Waals surface area contributed by atoms with Crippen LogP contribution in [0.1, 0.15) is 26.2 Å². The van der Waals surface area contributed by atoms with E-state index >= 15 is 0 Å². The minimum absolute atomic E-state index is 0.251. The summed E-state index contributed by atoms with van der Waals surface area (Å²) < 4.78 is 210. The zero-order valence-corrected chi connectivity index (χ0v) is 23.4. The third kappa shape index (κ3) is 16.1. The molecule has 2 heterocycles. The molecule has 0 aliphatic carbocycles. The van der Waals surface area contributed by atoms with Gasteiger partial charge in [-0.15, -0.1) is 0 Å². The molecule has 0 aromatic carbocycles. The van der Waals surface area contributed by atoms with Crippen LogP contribution in [0.25, 0.3) is 0 Å². The van der Waals surface area contributed by atoms with E-state index in [1.165, 1.54) is 19.9 Å². The maximum atomic E-state index is 13.2. The second-order valence-corrected chi connectivity index (χ2v) is 10.7. The maximum absolute atomic E-state index is 13.2. The number of hydrogen-bond acceptors (Lipinski definition) is 6. The van der Waals surface area contributed by atoms with Gasteiger partial charge in [-0.2, -0.15) is 61.6 Å². The van der Waals surface area contributed by atoms with Gasteiger partial charge in [-0.05, 0) is 6.42 Å². The summed E-state index contributed by atoms with van der Waals surface area (Å²) in [5.41, 5.74) is -11.3. The second-order valence-electron chi connectivity index (χ2n) is 7.99. The first-order valence-electron chi connectivity index (χ1n) is 10.7. The average Bonchev–Trinajstić information content (AvgIpc) is 3.37. The third-order valence-electron chi connectivity index (χ3n) is 4.12.